The molecule has 0 saturated heterocycles. The molecule has 0 fully saturated rings. The molecule has 0 radical (unpaired) electrons. The molecule has 0 atom stereocenters. The highest BCUT2D eigenvalue weighted by Gasteiger charge is 2.52. The van der Waals surface area contributed by atoms with Crippen LogP contribution in [-0.4, -0.2) is 35.1 Å². The predicted octanol–water partition coefficient (Wildman–Crippen LogP) is 8.18. The lowest BCUT2D eigenvalue weighted by molar-refractivity contribution is -0.141. The van der Waals surface area contributed by atoms with Gasteiger partial charge in [-0.05, 0) is 58.8 Å². The van der Waals surface area contributed by atoms with Gasteiger partial charge >= 0.3 is 14.3 Å². The number of unbranched alkanes of at least 4 members (excludes halogenated alkanes) is 7. The number of ether oxygens (including phenoxy) is 3. The van der Waals surface area contributed by atoms with E-state index < -0.39 is 8.32 Å². The fourth-order valence-corrected chi connectivity index (χ4v) is 10.5. The second kappa shape index (κ2) is 16.6. The minimum absolute atomic E-state index is 0.170. The van der Waals surface area contributed by atoms with Crippen LogP contribution in [0.3, 0.4) is 0 Å². The summed E-state index contributed by atoms with van der Waals surface area (Å²) >= 11 is 0. The molecule has 0 unspecified atom stereocenters. The Morgan fingerprint density at radius 1 is 0.721 bits per heavy atom. The van der Waals surface area contributed by atoms with Gasteiger partial charge in [0.2, 0.25) is 5.75 Å². The van der Waals surface area contributed by atoms with E-state index in [1.165, 1.54) is 55.0 Å². The van der Waals surface area contributed by atoms with Crippen molar-refractivity contribution >= 4 is 24.7 Å². The summed E-state index contributed by atoms with van der Waals surface area (Å²) in [5.41, 5.74) is 2.37. The molecule has 5 nitrogen and oxygen atoms in total. The van der Waals surface area contributed by atoms with Gasteiger partial charge in [0.15, 0.2) is 11.5 Å². The Labute approximate surface area is 261 Å². The molecule has 0 aliphatic rings. The van der Waals surface area contributed by atoms with E-state index >= 15 is 0 Å². The van der Waals surface area contributed by atoms with Crippen LogP contribution in [0, 0.1) is 6.92 Å². The predicted molar refractivity (Wildman–Crippen MR) is 180 cm³/mol. The summed E-state index contributed by atoms with van der Waals surface area (Å²) in [4.78, 5) is 10.9. The van der Waals surface area contributed by atoms with Crippen molar-refractivity contribution in [3.63, 3.8) is 0 Å². The summed E-state index contributed by atoms with van der Waals surface area (Å²) in [7, 11) is 0.545. The van der Waals surface area contributed by atoms with Gasteiger partial charge in [0.1, 0.15) is 0 Å². The second-order valence-corrected chi connectivity index (χ2v) is 16.6. The molecule has 0 bridgehead atoms. The molecule has 0 saturated carbocycles. The first-order chi connectivity index (χ1) is 20.7. The van der Waals surface area contributed by atoms with Crippen LogP contribution < -0.4 is 24.3 Å². The molecular weight excluding hydrogens is 552 g/mol. The number of rotatable bonds is 17. The maximum atomic E-state index is 10.9. The van der Waals surface area contributed by atoms with Gasteiger partial charge < -0.3 is 18.6 Å². The van der Waals surface area contributed by atoms with Gasteiger partial charge in [-0.2, -0.15) is 0 Å². The molecule has 3 rings (SSSR count). The first kappa shape index (κ1) is 34.2. The molecule has 0 heterocycles. The molecule has 0 aliphatic heterocycles. The van der Waals surface area contributed by atoms with Crippen molar-refractivity contribution in [3.8, 4) is 17.2 Å². The fraction of sp³-hybridized carbons (Fsp3) is 0.486. The molecule has 0 spiro atoms. The van der Waals surface area contributed by atoms with Gasteiger partial charge in [0.05, 0.1) is 20.8 Å². The Morgan fingerprint density at radius 2 is 1.23 bits per heavy atom. The van der Waals surface area contributed by atoms with E-state index in [0.29, 0.717) is 18.1 Å². The van der Waals surface area contributed by atoms with Crippen molar-refractivity contribution in [2.24, 2.45) is 0 Å². The van der Waals surface area contributed by atoms with Crippen molar-refractivity contribution in [1.29, 1.82) is 0 Å². The lowest BCUT2D eigenvalue weighted by atomic mass is 9.99. The molecule has 6 heteroatoms. The second-order valence-electron chi connectivity index (χ2n) is 12.4. The first-order valence-electron chi connectivity index (χ1n) is 15.8. The number of benzene rings is 3. The van der Waals surface area contributed by atoms with Gasteiger partial charge in [0, 0.05) is 6.92 Å². The Bertz CT molecular complexity index is 1230. The van der Waals surface area contributed by atoms with Crippen LogP contribution in [0.4, 0.5) is 0 Å². The average Bonchev–Trinajstić information content (AvgIpc) is 2.99. The third-order valence-corrected chi connectivity index (χ3v) is 13.2. The smallest absolute Gasteiger partial charge is 0.320 e. The minimum Gasteiger partial charge on any atom is -0.531 e. The van der Waals surface area contributed by atoms with E-state index in [1.807, 2.05) is 0 Å². The molecule has 0 N–H and O–H groups in total. The van der Waals surface area contributed by atoms with E-state index in [-0.39, 0.29) is 11.0 Å². The molecule has 3 aromatic rings. The maximum absolute atomic E-state index is 10.9. The Hall–Kier alpha value is -3.25. The summed E-state index contributed by atoms with van der Waals surface area (Å²) in [6.45, 7) is 11.1. The summed E-state index contributed by atoms with van der Waals surface area (Å²) in [6, 6.07) is 23.6. The highest BCUT2D eigenvalue weighted by molar-refractivity contribution is 7.00. The average molecular weight is 605 g/mol. The standard InChI is InChI=1S/C37H52O5Si/c1-29-31(22-16-12-10-8-9-11-13-21-27-41-30(2)38)28-34(39-6)36(40-7)35(29)42-43(37(3,4)5,32-23-17-14-18-24-32)33-25-19-15-20-26-33/h14-15,17-20,23-26,28H,8-13,16,21-22,27H2,1-7H3. The van der Waals surface area contributed by atoms with Gasteiger partial charge in [-0.15, -0.1) is 0 Å². The quantitative estimate of drug-likeness (QED) is 0.0884. The van der Waals surface area contributed by atoms with Gasteiger partial charge in [0.25, 0.3) is 0 Å². The zero-order valence-electron chi connectivity index (χ0n) is 27.5. The third-order valence-electron chi connectivity index (χ3n) is 8.30. The summed E-state index contributed by atoms with van der Waals surface area (Å²) in [6.07, 6.45) is 10.2. The highest BCUT2D eigenvalue weighted by Crippen LogP contribution is 2.46. The van der Waals surface area contributed by atoms with Crippen LogP contribution in [0.15, 0.2) is 66.7 Å². The number of carbonyl (C=O) groups is 1. The summed E-state index contributed by atoms with van der Waals surface area (Å²) in [5, 5.41) is 2.29. The third kappa shape index (κ3) is 8.88. The van der Waals surface area contributed by atoms with E-state index in [1.54, 1.807) is 14.2 Å². The number of methoxy groups -OCH3 is 2. The Kier molecular flexibility index (Phi) is 13.2. The minimum atomic E-state index is -2.86. The van der Waals surface area contributed by atoms with Crippen LogP contribution >= 0.6 is 0 Å². The van der Waals surface area contributed by atoms with Crippen molar-refractivity contribution in [2.45, 2.75) is 97.4 Å². The van der Waals surface area contributed by atoms with Crippen LogP contribution in [0.1, 0.15) is 90.2 Å². The summed E-state index contributed by atoms with van der Waals surface area (Å²) < 4.78 is 24.4. The number of carbonyl (C=O) groups excluding carboxylic acids is 1. The normalized spacial score (nSPS) is 11.7. The van der Waals surface area contributed by atoms with Gasteiger partial charge in [-0.25, -0.2) is 0 Å². The zero-order chi connectivity index (χ0) is 31.3. The molecule has 43 heavy (non-hydrogen) atoms. The lowest BCUT2D eigenvalue weighted by Gasteiger charge is -2.43. The van der Waals surface area contributed by atoms with Gasteiger partial charge in [-0.3, -0.25) is 4.79 Å². The lowest BCUT2D eigenvalue weighted by Crippen LogP contribution is -2.69. The molecule has 0 amide bonds. The number of hydrogen-bond donors (Lipinski definition) is 0. The zero-order valence-corrected chi connectivity index (χ0v) is 28.5. The van der Waals surface area contributed by atoms with Crippen molar-refractivity contribution in [2.75, 3.05) is 20.8 Å². The molecular formula is C37H52O5Si. The number of esters is 1. The molecule has 0 aromatic heterocycles. The Balaban J connectivity index is 1.83. The van der Waals surface area contributed by atoms with Crippen LogP contribution in [0.5, 0.6) is 17.2 Å². The van der Waals surface area contributed by atoms with Crippen molar-refractivity contribution in [1.82, 2.24) is 0 Å². The SMILES string of the molecule is COc1cc(CCCCCCCCCCOC(C)=O)c(C)c(O[Si](c2ccccc2)(c2ccccc2)C(C)(C)C)c1OC. The fourth-order valence-electron chi connectivity index (χ4n) is 5.98. The summed E-state index contributed by atoms with van der Waals surface area (Å²) in [5.74, 6) is 1.97. The number of hydrogen-bond acceptors (Lipinski definition) is 5. The molecule has 234 valence electrons. The highest BCUT2D eigenvalue weighted by atomic mass is 28.4. The van der Waals surface area contributed by atoms with Crippen molar-refractivity contribution in [3.05, 3.63) is 77.9 Å². The van der Waals surface area contributed by atoms with Crippen LogP contribution in [-0.2, 0) is 16.0 Å². The van der Waals surface area contributed by atoms with E-state index in [2.05, 4.69) is 94.4 Å². The number of aryl methyl sites for hydroxylation is 1. The van der Waals surface area contributed by atoms with Gasteiger partial charge in [-0.1, -0.05) is 120 Å². The maximum Gasteiger partial charge on any atom is 0.320 e. The first-order valence-corrected chi connectivity index (χ1v) is 17.7. The molecule has 0 aliphatic carbocycles. The Morgan fingerprint density at radius 3 is 1.70 bits per heavy atom. The largest absolute Gasteiger partial charge is 0.531 e. The van der Waals surface area contributed by atoms with E-state index in [0.717, 1.165) is 37.0 Å². The van der Waals surface area contributed by atoms with Crippen LogP contribution in [0.25, 0.3) is 0 Å². The van der Waals surface area contributed by atoms with E-state index in [4.69, 9.17) is 18.6 Å². The van der Waals surface area contributed by atoms with Crippen molar-refractivity contribution < 1.29 is 23.4 Å². The van der Waals surface area contributed by atoms with Crippen LogP contribution in [0.2, 0.25) is 5.04 Å². The monoisotopic (exact) mass is 604 g/mol. The molecule has 3 aromatic carbocycles. The van der Waals surface area contributed by atoms with E-state index in [9.17, 15) is 4.79 Å². The topological polar surface area (TPSA) is 54.0 Å².